The summed E-state index contributed by atoms with van der Waals surface area (Å²) in [5, 5.41) is 3.11. The Hall–Kier alpha value is -1.34. The van der Waals surface area contributed by atoms with Crippen LogP contribution in [0, 0.1) is 0 Å². The monoisotopic (exact) mass is 278 g/mol. The molecule has 1 rings (SSSR count). The van der Waals surface area contributed by atoms with Crippen molar-refractivity contribution in [1.82, 2.24) is 10.3 Å². The third-order valence-corrected chi connectivity index (χ3v) is 2.25. The van der Waals surface area contributed by atoms with E-state index in [1.165, 1.54) is 7.11 Å². The maximum atomic E-state index is 11.8. The lowest BCUT2D eigenvalue weighted by molar-refractivity contribution is -0.173. The molecule has 0 amide bonds. The fourth-order valence-electron chi connectivity index (χ4n) is 1.39. The smallest absolute Gasteiger partial charge is 0.411 e. The summed E-state index contributed by atoms with van der Waals surface area (Å²) in [6, 6.07) is 3.64. The highest BCUT2D eigenvalue weighted by molar-refractivity contribution is 5.20. The standard InChI is InChI=1S/C12H17F3N2O2/c1-18-11-7-10(3-5-17-11)8-16-4-2-6-19-9-12(13,14)15/h3,5,7,16H,2,4,6,8-9H2,1H3. The average Bonchev–Trinajstić information content (AvgIpc) is 2.36. The van der Waals surface area contributed by atoms with E-state index in [-0.39, 0.29) is 6.61 Å². The average molecular weight is 278 g/mol. The number of alkyl halides is 3. The molecule has 108 valence electrons. The van der Waals surface area contributed by atoms with Crippen LogP contribution in [0.3, 0.4) is 0 Å². The highest BCUT2D eigenvalue weighted by atomic mass is 19.4. The van der Waals surface area contributed by atoms with E-state index in [9.17, 15) is 13.2 Å². The van der Waals surface area contributed by atoms with Crippen molar-refractivity contribution in [2.24, 2.45) is 0 Å². The van der Waals surface area contributed by atoms with Crippen LogP contribution in [-0.2, 0) is 11.3 Å². The van der Waals surface area contributed by atoms with Gasteiger partial charge >= 0.3 is 6.18 Å². The number of aromatic nitrogens is 1. The fraction of sp³-hybridized carbons (Fsp3) is 0.583. The Morgan fingerprint density at radius 3 is 2.84 bits per heavy atom. The van der Waals surface area contributed by atoms with Gasteiger partial charge in [0.15, 0.2) is 0 Å². The minimum atomic E-state index is -4.25. The van der Waals surface area contributed by atoms with Crippen molar-refractivity contribution in [2.45, 2.75) is 19.1 Å². The molecule has 0 aliphatic rings. The van der Waals surface area contributed by atoms with Crippen LogP contribution in [0.4, 0.5) is 13.2 Å². The van der Waals surface area contributed by atoms with Gasteiger partial charge in [0.25, 0.3) is 0 Å². The highest BCUT2D eigenvalue weighted by Gasteiger charge is 2.27. The minimum Gasteiger partial charge on any atom is -0.481 e. The summed E-state index contributed by atoms with van der Waals surface area (Å²) in [6.45, 7) is 0.0986. The van der Waals surface area contributed by atoms with Crippen molar-refractivity contribution in [2.75, 3.05) is 26.9 Å². The summed E-state index contributed by atoms with van der Waals surface area (Å²) in [5.41, 5.74) is 1.00. The van der Waals surface area contributed by atoms with Gasteiger partial charge in [0.2, 0.25) is 5.88 Å². The lowest BCUT2D eigenvalue weighted by Crippen LogP contribution is -2.20. The Balaban J connectivity index is 2.07. The highest BCUT2D eigenvalue weighted by Crippen LogP contribution is 2.14. The first-order valence-corrected chi connectivity index (χ1v) is 5.85. The minimum absolute atomic E-state index is 0.0895. The van der Waals surface area contributed by atoms with Crippen molar-refractivity contribution >= 4 is 0 Å². The van der Waals surface area contributed by atoms with Gasteiger partial charge in [0, 0.05) is 25.4 Å². The molecule has 0 saturated carbocycles. The van der Waals surface area contributed by atoms with Crippen molar-refractivity contribution in [1.29, 1.82) is 0 Å². The number of halogens is 3. The maximum Gasteiger partial charge on any atom is 0.411 e. The van der Waals surface area contributed by atoms with E-state index >= 15 is 0 Å². The first-order chi connectivity index (χ1) is 9.01. The summed E-state index contributed by atoms with van der Waals surface area (Å²) in [7, 11) is 1.54. The molecule has 0 atom stereocenters. The third kappa shape index (κ3) is 7.63. The first kappa shape index (κ1) is 15.7. The van der Waals surface area contributed by atoms with E-state index in [0.29, 0.717) is 25.4 Å². The number of rotatable bonds is 8. The SMILES string of the molecule is COc1cc(CNCCCOCC(F)(F)F)ccn1. The summed E-state index contributed by atoms with van der Waals surface area (Å²) in [6.07, 6.45) is -2.08. The Kier molecular flexibility index (Phi) is 6.58. The summed E-state index contributed by atoms with van der Waals surface area (Å²) in [4.78, 5) is 3.97. The van der Waals surface area contributed by atoms with Crippen LogP contribution in [0.25, 0.3) is 0 Å². The summed E-state index contributed by atoms with van der Waals surface area (Å²) < 4.78 is 44.8. The van der Waals surface area contributed by atoms with E-state index in [1.54, 1.807) is 12.3 Å². The van der Waals surface area contributed by atoms with Gasteiger partial charge in [-0.3, -0.25) is 0 Å². The molecule has 19 heavy (non-hydrogen) atoms. The van der Waals surface area contributed by atoms with Crippen LogP contribution in [0.1, 0.15) is 12.0 Å². The van der Waals surface area contributed by atoms with Gasteiger partial charge < -0.3 is 14.8 Å². The van der Waals surface area contributed by atoms with E-state index < -0.39 is 12.8 Å². The normalized spacial score (nSPS) is 11.6. The Labute approximate surface area is 109 Å². The lowest BCUT2D eigenvalue weighted by Gasteiger charge is -2.08. The fourth-order valence-corrected chi connectivity index (χ4v) is 1.39. The predicted molar refractivity (Wildman–Crippen MR) is 64.0 cm³/mol. The van der Waals surface area contributed by atoms with Crippen LogP contribution < -0.4 is 10.1 Å². The molecule has 0 radical (unpaired) electrons. The number of hydrogen-bond acceptors (Lipinski definition) is 4. The Bertz CT molecular complexity index is 372. The molecular weight excluding hydrogens is 261 g/mol. The van der Waals surface area contributed by atoms with Gasteiger partial charge in [0.1, 0.15) is 6.61 Å². The summed E-state index contributed by atoms with van der Waals surface area (Å²) in [5.74, 6) is 0.535. The van der Waals surface area contributed by atoms with Crippen molar-refractivity contribution in [3.63, 3.8) is 0 Å². The largest absolute Gasteiger partial charge is 0.481 e. The third-order valence-electron chi connectivity index (χ3n) is 2.25. The molecule has 1 N–H and O–H groups in total. The van der Waals surface area contributed by atoms with Gasteiger partial charge in [-0.05, 0) is 24.6 Å². The summed E-state index contributed by atoms with van der Waals surface area (Å²) >= 11 is 0. The van der Waals surface area contributed by atoms with Crippen LogP contribution in [0.2, 0.25) is 0 Å². The van der Waals surface area contributed by atoms with Crippen LogP contribution in [0.15, 0.2) is 18.3 Å². The van der Waals surface area contributed by atoms with E-state index in [2.05, 4.69) is 15.0 Å². The number of nitrogens with zero attached hydrogens (tertiary/aromatic N) is 1. The van der Waals surface area contributed by atoms with Gasteiger partial charge in [-0.15, -0.1) is 0 Å². The molecule has 7 heteroatoms. The Morgan fingerprint density at radius 1 is 1.37 bits per heavy atom. The van der Waals surface area contributed by atoms with Crippen LogP contribution >= 0.6 is 0 Å². The van der Waals surface area contributed by atoms with E-state index in [4.69, 9.17) is 4.74 Å². The maximum absolute atomic E-state index is 11.8. The molecular formula is C12H17F3N2O2. The molecule has 0 spiro atoms. The second-order valence-corrected chi connectivity index (χ2v) is 3.90. The molecule has 1 aromatic heterocycles. The zero-order valence-corrected chi connectivity index (χ0v) is 10.7. The second kappa shape index (κ2) is 7.96. The van der Waals surface area contributed by atoms with E-state index in [0.717, 1.165) is 5.56 Å². The number of nitrogens with one attached hydrogen (secondary N) is 1. The first-order valence-electron chi connectivity index (χ1n) is 5.85. The van der Waals surface area contributed by atoms with Crippen molar-refractivity contribution < 1.29 is 22.6 Å². The van der Waals surface area contributed by atoms with Gasteiger partial charge in [-0.1, -0.05) is 0 Å². The second-order valence-electron chi connectivity index (χ2n) is 3.90. The zero-order chi connectivity index (χ0) is 14.1. The van der Waals surface area contributed by atoms with Crippen molar-refractivity contribution in [3.8, 4) is 5.88 Å². The predicted octanol–water partition coefficient (Wildman–Crippen LogP) is 2.15. The van der Waals surface area contributed by atoms with Gasteiger partial charge in [0.05, 0.1) is 7.11 Å². The molecule has 0 unspecified atom stereocenters. The van der Waals surface area contributed by atoms with Gasteiger partial charge in [-0.25, -0.2) is 4.98 Å². The number of methoxy groups -OCH3 is 1. The number of pyridine rings is 1. The number of hydrogen-bond donors (Lipinski definition) is 1. The quantitative estimate of drug-likeness (QED) is 0.740. The topological polar surface area (TPSA) is 43.4 Å². The van der Waals surface area contributed by atoms with Gasteiger partial charge in [-0.2, -0.15) is 13.2 Å². The Morgan fingerprint density at radius 2 is 2.16 bits per heavy atom. The molecule has 0 aliphatic heterocycles. The molecule has 0 aromatic carbocycles. The molecule has 1 aromatic rings. The molecule has 0 aliphatic carbocycles. The van der Waals surface area contributed by atoms with E-state index in [1.807, 2.05) is 6.07 Å². The molecule has 0 fully saturated rings. The molecule has 4 nitrogen and oxygen atoms in total. The lowest BCUT2D eigenvalue weighted by atomic mass is 10.2. The zero-order valence-electron chi connectivity index (χ0n) is 10.7. The molecule has 0 bridgehead atoms. The number of ether oxygens (including phenoxy) is 2. The molecule has 1 heterocycles. The van der Waals surface area contributed by atoms with Crippen LogP contribution in [0.5, 0.6) is 5.88 Å². The van der Waals surface area contributed by atoms with Crippen molar-refractivity contribution in [3.05, 3.63) is 23.9 Å². The molecule has 0 saturated heterocycles. The van der Waals surface area contributed by atoms with Crippen LogP contribution in [-0.4, -0.2) is 38.0 Å².